The van der Waals surface area contributed by atoms with Crippen LogP contribution in [0.15, 0.2) is 46.9 Å². The minimum atomic E-state index is -4.32. The molecule has 0 heterocycles. The summed E-state index contributed by atoms with van der Waals surface area (Å²) in [6.07, 6.45) is -3.90. The van der Waals surface area contributed by atoms with Crippen molar-refractivity contribution in [3.05, 3.63) is 68.7 Å². The standard InChI is InChI=1S/C15H10BrCl2F3/c16-12-6-10(7-13(17)8-12)14(18)5-9-1-3-11(4-2-9)15(19,20)21/h1-4,6-8,14H,5H2. The van der Waals surface area contributed by atoms with Gasteiger partial charge in [0.25, 0.3) is 0 Å². The number of hydrogen-bond donors (Lipinski definition) is 0. The van der Waals surface area contributed by atoms with Gasteiger partial charge in [-0.15, -0.1) is 11.6 Å². The first-order valence-corrected chi connectivity index (χ1v) is 7.62. The Morgan fingerprint density at radius 1 is 1.05 bits per heavy atom. The summed E-state index contributed by atoms with van der Waals surface area (Å²) in [4.78, 5) is 0. The Morgan fingerprint density at radius 2 is 1.67 bits per heavy atom. The topological polar surface area (TPSA) is 0 Å². The highest BCUT2D eigenvalue weighted by Gasteiger charge is 2.29. The average molecular weight is 398 g/mol. The van der Waals surface area contributed by atoms with Crippen molar-refractivity contribution in [2.45, 2.75) is 18.0 Å². The minimum absolute atomic E-state index is 0.364. The zero-order valence-corrected chi connectivity index (χ0v) is 13.7. The van der Waals surface area contributed by atoms with Crippen molar-refractivity contribution in [3.8, 4) is 0 Å². The molecule has 0 aliphatic rings. The fourth-order valence-electron chi connectivity index (χ4n) is 1.91. The van der Waals surface area contributed by atoms with Crippen LogP contribution in [0.4, 0.5) is 13.2 Å². The molecule has 0 nitrogen and oxygen atoms in total. The molecule has 2 aromatic rings. The van der Waals surface area contributed by atoms with Gasteiger partial charge in [-0.1, -0.05) is 39.7 Å². The van der Waals surface area contributed by atoms with Gasteiger partial charge in [0.2, 0.25) is 0 Å². The van der Waals surface area contributed by atoms with Crippen molar-refractivity contribution in [2.75, 3.05) is 0 Å². The highest BCUT2D eigenvalue weighted by atomic mass is 79.9. The van der Waals surface area contributed by atoms with Crippen LogP contribution in [0.1, 0.15) is 22.1 Å². The molecule has 0 aliphatic carbocycles. The molecule has 0 aromatic heterocycles. The summed E-state index contributed by atoms with van der Waals surface area (Å²) in [6.45, 7) is 0. The van der Waals surface area contributed by atoms with Gasteiger partial charge >= 0.3 is 6.18 Å². The number of halogens is 6. The summed E-state index contributed by atoms with van der Waals surface area (Å²) in [6, 6.07) is 10.3. The highest BCUT2D eigenvalue weighted by molar-refractivity contribution is 9.10. The van der Waals surface area contributed by atoms with Gasteiger partial charge in [-0.05, 0) is 47.9 Å². The van der Waals surface area contributed by atoms with E-state index in [-0.39, 0.29) is 5.38 Å². The summed E-state index contributed by atoms with van der Waals surface area (Å²) in [5, 5.41) is 0.189. The Bertz CT molecular complexity index is 604. The molecule has 112 valence electrons. The molecule has 0 fully saturated rings. The van der Waals surface area contributed by atoms with Crippen molar-refractivity contribution in [1.82, 2.24) is 0 Å². The number of hydrogen-bond acceptors (Lipinski definition) is 0. The molecule has 0 amide bonds. The quantitative estimate of drug-likeness (QED) is 0.509. The molecule has 0 radical (unpaired) electrons. The Kier molecular flexibility index (Phi) is 5.23. The third-order valence-corrected chi connectivity index (χ3v) is 4.03. The molecule has 0 aliphatic heterocycles. The van der Waals surface area contributed by atoms with Crippen LogP contribution in [0.5, 0.6) is 0 Å². The molecular weight excluding hydrogens is 388 g/mol. The van der Waals surface area contributed by atoms with Crippen molar-refractivity contribution < 1.29 is 13.2 Å². The van der Waals surface area contributed by atoms with E-state index in [2.05, 4.69) is 15.9 Å². The lowest BCUT2D eigenvalue weighted by Gasteiger charge is -2.12. The van der Waals surface area contributed by atoms with Gasteiger partial charge in [0.05, 0.1) is 10.9 Å². The normalized spacial score (nSPS) is 13.2. The van der Waals surface area contributed by atoms with Crippen LogP contribution in [0.25, 0.3) is 0 Å². The van der Waals surface area contributed by atoms with Crippen molar-refractivity contribution in [2.24, 2.45) is 0 Å². The first kappa shape index (κ1) is 16.7. The molecule has 21 heavy (non-hydrogen) atoms. The molecule has 0 saturated carbocycles. The maximum atomic E-state index is 12.5. The Morgan fingerprint density at radius 3 is 2.19 bits per heavy atom. The molecule has 2 aromatic carbocycles. The van der Waals surface area contributed by atoms with Gasteiger partial charge in [-0.2, -0.15) is 13.2 Å². The number of benzene rings is 2. The Hall–Kier alpha value is -0.710. The number of alkyl halides is 4. The van der Waals surface area contributed by atoms with E-state index in [4.69, 9.17) is 23.2 Å². The van der Waals surface area contributed by atoms with Gasteiger partial charge in [-0.3, -0.25) is 0 Å². The molecular formula is C15H10BrCl2F3. The average Bonchev–Trinajstić information content (AvgIpc) is 2.37. The second-order valence-corrected chi connectivity index (χ2v) is 6.45. The SMILES string of the molecule is FC(F)(F)c1ccc(CC(Cl)c2cc(Cl)cc(Br)c2)cc1. The van der Waals surface area contributed by atoms with E-state index in [0.29, 0.717) is 11.4 Å². The van der Waals surface area contributed by atoms with Gasteiger partial charge in [0.1, 0.15) is 0 Å². The van der Waals surface area contributed by atoms with E-state index in [1.807, 2.05) is 6.07 Å². The highest BCUT2D eigenvalue weighted by Crippen LogP contribution is 2.32. The zero-order chi connectivity index (χ0) is 15.6. The van der Waals surface area contributed by atoms with E-state index in [1.54, 1.807) is 12.1 Å². The van der Waals surface area contributed by atoms with Crippen molar-refractivity contribution in [3.63, 3.8) is 0 Å². The predicted octanol–water partition coefficient (Wildman–Crippen LogP) is 6.64. The summed E-state index contributed by atoms with van der Waals surface area (Å²) < 4.78 is 38.3. The lowest BCUT2D eigenvalue weighted by atomic mass is 10.0. The minimum Gasteiger partial charge on any atom is -0.166 e. The van der Waals surface area contributed by atoms with E-state index < -0.39 is 11.7 Å². The molecule has 1 unspecified atom stereocenters. The molecule has 0 bridgehead atoms. The molecule has 0 saturated heterocycles. The van der Waals surface area contributed by atoms with Crippen LogP contribution in [-0.4, -0.2) is 0 Å². The third-order valence-electron chi connectivity index (χ3n) is 2.94. The predicted molar refractivity (Wildman–Crippen MR) is 82.9 cm³/mol. The van der Waals surface area contributed by atoms with E-state index in [9.17, 15) is 13.2 Å². The van der Waals surface area contributed by atoms with Crippen LogP contribution >= 0.6 is 39.1 Å². The Balaban J connectivity index is 2.14. The molecule has 1 atom stereocenters. The monoisotopic (exact) mass is 396 g/mol. The smallest absolute Gasteiger partial charge is 0.166 e. The van der Waals surface area contributed by atoms with Crippen LogP contribution < -0.4 is 0 Å². The molecule has 2 rings (SSSR count). The molecule has 0 spiro atoms. The maximum Gasteiger partial charge on any atom is 0.416 e. The summed E-state index contributed by atoms with van der Waals surface area (Å²) in [5.74, 6) is 0. The third kappa shape index (κ3) is 4.63. The van der Waals surface area contributed by atoms with Crippen molar-refractivity contribution in [1.29, 1.82) is 0 Å². The fraction of sp³-hybridized carbons (Fsp3) is 0.200. The van der Waals surface area contributed by atoms with Crippen LogP contribution in [0.3, 0.4) is 0 Å². The maximum absolute atomic E-state index is 12.5. The van der Waals surface area contributed by atoms with Gasteiger partial charge in [0, 0.05) is 9.50 Å². The fourth-order valence-corrected chi connectivity index (χ4v) is 3.10. The van der Waals surface area contributed by atoms with E-state index >= 15 is 0 Å². The van der Waals surface area contributed by atoms with Gasteiger partial charge in [0.15, 0.2) is 0 Å². The first-order valence-electron chi connectivity index (χ1n) is 6.02. The summed E-state index contributed by atoms with van der Waals surface area (Å²) >= 11 is 15.6. The second kappa shape index (κ2) is 6.59. The van der Waals surface area contributed by atoms with Gasteiger partial charge in [-0.25, -0.2) is 0 Å². The summed E-state index contributed by atoms with van der Waals surface area (Å²) in [7, 11) is 0. The zero-order valence-electron chi connectivity index (χ0n) is 10.6. The number of rotatable bonds is 3. The Labute approximate surface area is 139 Å². The van der Waals surface area contributed by atoms with Crippen LogP contribution in [-0.2, 0) is 12.6 Å². The lowest BCUT2D eigenvalue weighted by Crippen LogP contribution is -2.05. The molecule has 6 heteroatoms. The molecule has 0 N–H and O–H groups in total. The first-order chi connectivity index (χ1) is 9.75. The second-order valence-electron chi connectivity index (χ2n) is 4.57. The lowest BCUT2D eigenvalue weighted by molar-refractivity contribution is -0.137. The van der Waals surface area contributed by atoms with Gasteiger partial charge < -0.3 is 0 Å². The summed E-state index contributed by atoms with van der Waals surface area (Å²) in [5.41, 5.74) is 0.887. The van der Waals surface area contributed by atoms with E-state index in [0.717, 1.165) is 27.7 Å². The van der Waals surface area contributed by atoms with Crippen LogP contribution in [0, 0.1) is 0 Å². The van der Waals surface area contributed by atoms with Crippen LogP contribution in [0.2, 0.25) is 5.02 Å². The van der Waals surface area contributed by atoms with Crippen molar-refractivity contribution >= 4 is 39.1 Å². The van der Waals surface area contributed by atoms with E-state index in [1.165, 1.54) is 12.1 Å². The largest absolute Gasteiger partial charge is 0.416 e.